The minimum Gasteiger partial charge on any atom is -0.480 e. The SMILES string of the molecule is CCCCC(NC(=O)c1ccc(S(=O)(=O)N2CCCCC2)cc1)C(=O)O. The highest BCUT2D eigenvalue weighted by atomic mass is 32.2. The predicted octanol–water partition coefficient (Wildman–Crippen LogP) is 2.23. The van der Waals surface area contributed by atoms with Gasteiger partial charge >= 0.3 is 5.97 Å². The van der Waals surface area contributed by atoms with Gasteiger partial charge in [0.2, 0.25) is 10.0 Å². The summed E-state index contributed by atoms with van der Waals surface area (Å²) in [6, 6.07) is 4.70. The van der Waals surface area contributed by atoms with Gasteiger partial charge in [-0.3, -0.25) is 4.79 Å². The van der Waals surface area contributed by atoms with Crippen molar-refractivity contribution in [1.29, 1.82) is 0 Å². The molecule has 2 N–H and O–H groups in total. The summed E-state index contributed by atoms with van der Waals surface area (Å²) in [5.41, 5.74) is 0.241. The lowest BCUT2D eigenvalue weighted by Crippen LogP contribution is -2.40. The van der Waals surface area contributed by atoms with E-state index in [0.717, 1.165) is 25.7 Å². The topological polar surface area (TPSA) is 104 Å². The number of nitrogens with one attached hydrogen (secondary N) is 1. The molecule has 8 heteroatoms. The fraction of sp³-hybridized carbons (Fsp3) is 0.556. The van der Waals surface area contributed by atoms with Crippen molar-refractivity contribution < 1.29 is 23.1 Å². The van der Waals surface area contributed by atoms with Crippen molar-refractivity contribution in [1.82, 2.24) is 9.62 Å². The van der Waals surface area contributed by atoms with Crippen LogP contribution in [0.5, 0.6) is 0 Å². The van der Waals surface area contributed by atoms with Crippen molar-refractivity contribution in [2.24, 2.45) is 0 Å². The van der Waals surface area contributed by atoms with Crippen molar-refractivity contribution in [2.45, 2.75) is 56.4 Å². The van der Waals surface area contributed by atoms with E-state index in [2.05, 4.69) is 5.32 Å². The van der Waals surface area contributed by atoms with Crippen LogP contribution in [0.2, 0.25) is 0 Å². The quantitative estimate of drug-likeness (QED) is 0.717. The third kappa shape index (κ3) is 5.04. The second-order valence-corrected chi connectivity index (χ2v) is 8.43. The third-order valence-corrected chi connectivity index (χ3v) is 6.43. The lowest BCUT2D eigenvalue weighted by Gasteiger charge is -2.25. The van der Waals surface area contributed by atoms with Gasteiger partial charge in [0.05, 0.1) is 4.90 Å². The Hall–Kier alpha value is -1.93. The molecule has 0 aliphatic carbocycles. The van der Waals surface area contributed by atoms with Crippen LogP contribution in [0.1, 0.15) is 55.8 Å². The fourth-order valence-electron chi connectivity index (χ4n) is 2.94. The standard InChI is InChI=1S/C18H26N2O5S/c1-2-3-7-16(18(22)23)19-17(21)14-8-10-15(11-9-14)26(24,25)20-12-5-4-6-13-20/h8-11,16H,2-7,12-13H2,1H3,(H,19,21)(H,22,23). The van der Waals surface area contributed by atoms with Crippen LogP contribution < -0.4 is 5.32 Å². The lowest BCUT2D eigenvalue weighted by atomic mass is 10.1. The molecular weight excluding hydrogens is 356 g/mol. The van der Waals surface area contributed by atoms with E-state index in [1.54, 1.807) is 0 Å². The van der Waals surface area contributed by atoms with Crippen LogP contribution in [0.3, 0.4) is 0 Å². The molecule has 1 aromatic carbocycles. The maximum atomic E-state index is 12.6. The number of hydrogen-bond acceptors (Lipinski definition) is 4. The number of rotatable bonds is 8. The van der Waals surface area contributed by atoms with Crippen LogP contribution >= 0.6 is 0 Å². The van der Waals surface area contributed by atoms with Crippen LogP contribution in [-0.2, 0) is 14.8 Å². The van der Waals surface area contributed by atoms with Gasteiger partial charge in [-0.05, 0) is 43.5 Å². The minimum atomic E-state index is -3.55. The van der Waals surface area contributed by atoms with Crippen LogP contribution in [0.15, 0.2) is 29.2 Å². The van der Waals surface area contributed by atoms with E-state index < -0.39 is 27.9 Å². The normalized spacial score (nSPS) is 16.8. The van der Waals surface area contributed by atoms with Gasteiger partial charge < -0.3 is 10.4 Å². The first-order chi connectivity index (χ1) is 12.4. The Morgan fingerprint density at radius 2 is 1.77 bits per heavy atom. The number of nitrogens with zero attached hydrogens (tertiary/aromatic N) is 1. The maximum Gasteiger partial charge on any atom is 0.326 e. The monoisotopic (exact) mass is 382 g/mol. The number of benzene rings is 1. The van der Waals surface area contributed by atoms with Gasteiger partial charge in [0.25, 0.3) is 5.91 Å². The molecule has 1 atom stereocenters. The van der Waals surface area contributed by atoms with Gasteiger partial charge in [0, 0.05) is 18.7 Å². The second-order valence-electron chi connectivity index (χ2n) is 6.50. The third-order valence-electron chi connectivity index (χ3n) is 4.52. The molecule has 0 aromatic heterocycles. The summed E-state index contributed by atoms with van der Waals surface area (Å²) >= 11 is 0. The van der Waals surface area contributed by atoms with Gasteiger partial charge in [0.15, 0.2) is 0 Å². The number of unbranched alkanes of at least 4 members (excludes halogenated alkanes) is 1. The summed E-state index contributed by atoms with van der Waals surface area (Å²) in [6.45, 7) is 2.98. The predicted molar refractivity (Wildman–Crippen MR) is 97.5 cm³/mol. The Kier molecular flexibility index (Phi) is 7.16. The minimum absolute atomic E-state index is 0.150. The summed E-state index contributed by atoms with van der Waals surface area (Å²) in [5, 5.41) is 11.7. The van der Waals surface area contributed by atoms with E-state index in [-0.39, 0.29) is 10.5 Å². The lowest BCUT2D eigenvalue weighted by molar-refractivity contribution is -0.139. The Labute approximate surface area is 154 Å². The molecule has 7 nitrogen and oxygen atoms in total. The molecule has 26 heavy (non-hydrogen) atoms. The van der Waals surface area contributed by atoms with Gasteiger partial charge in [0.1, 0.15) is 6.04 Å². The molecule has 0 saturated carbocycles. The summed E-state index contributed by atoms with van der Waals surface area (Å²) in [5.74, 6) is -1.59. The van der Waals surface area contributed by atoms with Gasteiger partial charge in [-0.15, -0.1) is 0 Å². The van der Waals surface area contributed by atoms with Crippen molar-refractivity contribution in [3.63, 3.8) is 0 Å². The fourth-order valence-corrected chi connectivity index (χ4v) is 4.46. The zero-order chi connectivity index (χ0) is 19.2. The number of hydrogen-bond donors (Lipinski definition) is 2. The zero-order valence-corrected chi connectivity index (χ0v) is 15.8. The smallest absolute Gasteiger partial charge is 0.326 e. The summed E-state index contributed by atoms with van der Waals surface area (Å²) in [4.78, 5) is 23.6. The highest BCUT2D eigenvalue weighted by molar-refractivity contribution is 7.89. The number of carbonyl (C=O) groups excluding carboxylic acids is 1. The van der Waals surface area contributed by atoms with E-state index in [4.69, 9.17) is 0 Å². The molecule has 144 valence electrons. The molecule has 1 heterocycles. The number of carbonyl (C=O) groups is 2. The summed E-state index contributed by atoms with van der Waals surface area (Å²) < 4.78 is 26.7. The molecule has 0 radical (unpaired) electrons. The van der Waals surface area contributed by atoms with E-state index in [0.29, 0.717) is 25.9 Å². The first-order valence-electron chi connectivity index (χ1n) is 9.00. The van der Waals surface area contributed by atoms with E-state index in [1.807, 2.05) is 6.92 Å². The first kappa shape index (κ1) is 20.4. The van der Waals surface area contributed by atoms with Gasteiger partial charge in [-0.25, -0.2) is 13.2 Å². The van der Waals surface area contributed by atoms with Gasteiger partial charge in [-0.1, -0.05) is 26.2 Å². The van der Waals surface area contributed by atoms with Crippen LogP contribution in [0.25, 0.3) is 0 Å². The molecule has 2 rings (SSSR count). The molecule has 0 bridgehead atoms. The number of sulfonamides is 1. The summed E-state index contributed by atoms with van der Waals surface area (Å²) in [6.07, 6.45) is 4.64. The number of carboxylic acids is 1. The Bertz CT molecular complexity index is 724. The molecule has 1 saturated heterocycles. The van der Waals surface area contributed by atoms with Crippen LogP contribution in [0, 0.1) is 0 Å². The molecule has 1 aliphatic rings. The van der Waals surface area contributed by atoms with Crippen molar-refractivity contribution >= 4 is 21.9 Å². The zero-order valence-electron chi connectivity index (χ0n) is 15.0. The molecule has 1 aromatic rings. The molecule has 1 aliphatic heterocycles. The number of carboxylic acid groups (broad SMARTS) is 1. The van der Waals surface area contributed by atoms with Crippen LogP contribution in [0.4, 0.5) is 0 Å². The van der Waals surface area contributed by atoms with E-state index >= 15 is 0 Å². The van der Waals surface area contributed by atoms with Crippen LogP contribution in [-0.4, -0.2) is 48.8 Å². The van der Waals surface area contributed by atoms with E-state index in [1.165, 1.54) is 28.6 Å². The first-order valence-corrected chi connectivity index (χ1v) is 10.4. The molecule has 1 amide bonds. The molecular formula is C18H26N2O5S. The summed E-state index contributed by atoms with van der Waals surface area (Å²) in [7, 11) is -3.55. The number of piperidine rings is 1. The molecule has 1 unspecified atom stereocenters. The Balaban J connectivity index is 2.08. The second kappa shape index (κ2) is 9.14. The highest BCUT2D eigenvalue weighted by Crippen LogP contribution is 2.21. The number of aliphatic carboxylic acids is 1. The van der Waals surface area contributed by atoms with Crippen molar-refractivity contribution in [3.8, 4) is 0 Å². The average Bonchev–Trinajstić information content (AvgIpc) is 2.65. The van der Waals surface area contributed by atoms with Crippen molar-refractivity contribution in [2.75, 3.05) is 13.1 Å². The average molecular weight is 382 g/mol. The highest BCUT2D eigenvalue weighted by Gasteiger charge is 2.26. The van der Waals surface area contributed by atoms with Gasteiger partial charge in [-0.2, -0.15) is 4.31 Å². The van der Waals surface area contributed by atoms with Crippen molar-refractivity contribution in [3.05, 3.63) is 29.8 Å². The van der Waals surface area contributed by atoms with E-state index in [9.17, 15) is 23.1 Å². The number of amides is 1. The Morgan fingerprint density at radius 3 is 2.31 bits per heavy atom. The maximum absolute atomic E-state index is 12.6. The Morgan fingerprint density at radius 1 is 1.15 bits per heavy atom. The molecule has 0 spiro atoms. The largest absolute Gasteiger partial charge is 0.480 e. The molecule has 1 fully saturated rings.